The monoisotopic (exact) mass is 339 g/mol. The van der Waals surface area contributed by atoms with Gasteiger partial charge in [-0.1, -0.05) is 33.7 Å². The molecule has 1 fully saturated rings. The summed E-state index contributed by atoms with van der Waals surface area (Å²) >= 11 is 5.22. The van der Waals surface area contributed by atoms with E-state index in [2.05, 4.69) is 57.3 Å². The first-order chi connectivity index (χ1) is 9.13. The van der Waals surface area contributed by atoms with Gasteiger partial charge in [0.05, 0.1) is 10.2 Å². The summed E-state index contributed by atoms with van der Waals surface area (Å²) in [5, 5.41) is 3.35. The SMILES string of the molecule is CC1CCCC(C)N1Nc1nc2ccc(Br)cc2s1. The Balaban J connectivity index is 1.84. The van der Waals surface area contributed by atoms with Crippen molar-refractivity contribution >= 4 is 42.6 Å². The number of nitrogens with one attached hydrogen (secondary N) is 1. The molecule has 3 nitrogen and oxygen atoms in total. The third kappa shape index (κ3) is 2.78. The van der Waals surface area contributed by atoms with Crippen LogP contribution >= 0.6 is 27.3 Å². The molecule has 102 valence electrons. The Labute approximate surface area is 126 Å². The van der Waals surface area contributed by atoms with Crippen molar-refractivity contribution in [3.63, 3.8) is 0 Å². The molecule has 2 unspecified atom stereocenters. The minimum absolute atomic E-state index is 0.572. The molecule has 0 spiro atoms. The van der Waals surface area contributed by atoms with E-state index < -0.39 is 0 Å². The standard InChI is InChI=1S/C14H18BrN3S/c1-9-4-3-5-10(2)18(9)17-14-16-12-7-6-11(15)8-13(12)19-14/h6-10H,3-5H2,1-2H3,(H,16,17). The summed E-state index contributed by atoms with van der Waals surface area (Å²) in [5.74, 6) is 0. The van der Waals surface area contributed by atoms with Gasteiger partial charge in [-0.3, -0.25) is 5.43 Å². The van der Waals surface area contributed by atoms with Crippen molar-refractivity contribution in [2.75, 3.05) is 5.43 Å². The average molecular weight is 340 g/mol. The van der Waals surface area contributed by atoms with Crippen LogP contribution in [-0.2, 0) is 0 Å². The molecule has 5 heteroatoms. The van der Waals surface area contributed by atoms with Gasteiger partial charge in [0.2, 0.25) is 0 Å². The maximum Gasteiger partial charge on any atom is 0.198 e. The van der Waals surface area contributed by atoms with Crippen molar-refractivity contribution < 1.29 is 0 Å². The Morgan fingerprint density at radius 1 is 1.32 bits per heavy atom. The summed E-state index contributed by atoms with van der Waals surface area (Å²) in [5.41, 5.74) is 4.58. The molecule has 3 rings (SSSR count). The predicted molar refractivity (Wildman–Crippen MR) is 85.6 cm³/mol. The Bertz CT molecular complexity index is 573. The molecule has 2 aromatic rings. The predicted octanol–water partition coefficient (Wildman–Crippen LogP) is 4.65. The van der Waals surface area contributed by atoms with Crippen molar-refractivity contribution in [1.29, 1.82) is 0 Å². The fourth-order valence-electron chi connectivity index (χ4n) is 2.70. The van der Waals surface area contributed by atoms with E-state index in [0.29, 0.717) is 12.1 Å². The van der Waals surface area contributed by atoms with Crippen LogP contribution in [0.5, 0.6) is 0 Å². The summed E-state index contributed by atoms with van der Waals surface area (Å²) in [4.78, 5) is 4.66. The molecule has 0 amide bonds. The first kappa shape index (κ1) is 13.3. The number of hydrogen-bond acceptors (Lipinski definition) is 4. The van der Waals surface area contributed by atoms with Gasteiger partial charge in [-0.15, -0.1) is 0 Å². The number of halogens is 1. The van der Waals surface area contributed by atoms with E-state index in [1.807, 2.05) is 6.07 Å². The van der Waals surface area contributed by atoms with Crippen molar-refractivity contribution in [3.8, 4) is 0 Å². The molecule has 19 heavy (non-hydrogen) atoms. The molecule has 1 saturated heterocycles. The third-order valence-corrected chi connectivity index (χ3v) is 5.18. The number of rotatable bonds is 2. The van der Waals surface area contributed by atoms with Crippen LogP contribution in [0.2, 0.25) is 0 Å². The molecular weight excluding hydrogens is 322 g/mol. The van der Waals surface area contributed by atoms with E-state index >= 15 is 0 Å². The highest BCUT2D eigenvalue weighted by Gasteiger charge is 2.25. The highest BCUT2D eigenvalue weighted by Crippen LogP contribution is 2.30. The normalized spacial score (nSPS) is 24.8. The third-order valence-electron chi connectivity index (χ3n) is 3.77. The zero-order chi connectivity index (χ0) is 13.4. The van der Waals surface area contributed by atoms with Crippen LogP contribution in [-0.4, -0.2) is 22.1 Å². The van der Waals surface area contributed by atoms with Crippen LogP contribution in [0.3, 0.4) is 0 Å². The highest BCUT2D eigenvalue weighted by molar-refractivity contribution is 9.10. The van der Waals surface area contributed by atoms with Crippen molar-refractivity contribution in [2.24, 2.45) is 0 Å². The van der Waals surface area contributed by atoms with Crippen LogP contribution in [0.1, 0.15) is 33.1 Å². The molecule has 1 aliphatic heterocycles. The number of fused-ring (bicyclic) bond motifs is 1. The fourth-order valence-corrected chi connectivity index (χ4v) is 4.12. The number of thiazole rings is 1. The van der Waals surface area contributed by atoms with E-state index in [9.17, 15) is 0 Å². The van der Waals surface area contributed by atoms with Crippen LogP contribution in [0, 0.1) is 0 Å². The van der Waals surface area contributed by atoms with E-state index in [1.54, 1.807) is 11.3 Å². The van der Waals surface area contributed by atoms with Gasteiger partial charge in [0, 0.05) is 16.6 Å². The van der Waals surface area contributed by atoms with Gasteiger partial charge >= 0.3 is 0 Å². The number of benzene rings is 1. The lowest BCUT2D eigenvalue weighted by Gasteiger charge is -2.38. The van der Waals surface area contributed by atoms with Gasteiger partial charge in [0.1, 0.15) is 0 Å². The molecule has 2 atom stereocenters. The maximum atomic E-state index is 4.66. The zero-order valence-electron chi connectivity index (χ0n) is 11.2. The smallest absolute Gasteiger partial charge is 0.198 e. The summed E-state index contributed by atoms with van der Waals surface area (Å²) in [7, 11) is 0. The molecule has 0 radical (unpaired) electrons. The van der Waals surface area contributed by atoms with E-state index in [-0.39, 0.29) is 0 Å². The first-order valence-electron chi connectivity index (χ1n) is 6.74. The summed E-state index contributed by atoms with van der Waals surface area (Å²) < 4.78 is 2.32. The van der Waals surface area contributed by atoms with E-state index in [0.717, 1.165) is 15.1 Å². The quantitative estimate of drug-likeness (QED) is 0.863. The largest absolute Gasteiger partial charge is 0.294 e. The van der Waals surface area contributed by atoms with Gasteiger partial charge < -0.3 is 0 Å². The molecule has 0 bridgehead atoms. The van der Waals surface area contributed by atoms with Gasteiger partial charge in [0.25, 0.3) is 0 Å². The minimum atomic E-state index is 0.572. The Hall–Kier alpha value is -0.650. The lowest BCUT2D eigenvalue weighted by molar-refractivity contribution is 0.136. The fraction of sp³-hybridized carbons (Fsp3) is 0.500. The molecule has 2 heterocycles. The van der Waals surface area contributed by atoms with Crippen molar-refractivity contribution in [2.45, 2.75) is 45.2 Å². The second-order valence-electron chi connectivity index (χ2n) is 5.28. The number of hydrazine groups is 1. The van der Waals surface area contributed by atoms with Gasteiger partial charge in [-0.05, 0) is 44.9 Å². The second kappa shape index (κ2) is 5.38. The van der Waals surface area contributed by atoms with Crippen LogP contribution in [0.25, 0.3) is 10.2 Å². The lowest BCUT2D eigenvalue weighted by atomic mass is 10.00. The molecule has 1 aromatic carbocycles. The Morgan fingerprint density at radius 3 is 2.79 bits per heavy atom. The number of hydrogen-bond donors (Lipinski definition) is 1. The maximum absolute atomic E-state index is 4.66. The highest BCUT2D eigenvalue weighted by atomic mass is 79.9. The molecule has 1 aromatic heterocycles. The Morgan fingerprint density at radius 2 is 2.05 bits per heavy atom. The molecular formula is C14H18BrN3S. The summed E-state index contributed by atoms with van der Waals surface area (Å²) in [6, 6.07) is 7.37. The van der Waals surface area contributed by atoms with Crippen molar-refractivity contribution in [3.05, 3.63) is 22.7 Å². The molecule has 0 aliphatic carbocycles. The summed E-state index contributed by atoms with van der Waals surface area (Å²) in [6.45, 7) is 4.57. The topological polar surface area (TPSA) is 28.2 Å². The van der Waals surface area contributed by atoms with Crippen LogP contribution < -0.4 is 5.43 Å². The van der Waals surface area contributed by atoms with E-state index in [4.69, 9.17) is 0 Å². The van der Waals surface area contributed by atoms with Gasteiger partial charge in [0.15, 0.2) is 5.13 Å². The average Bonchev–Trinajstić information content (AvgIpc) is 2.75. The van der Waals surface area contributed by atoms with Crippen LogP contribution in [0.4, 0.5) is 5.13 Å². The van der Waals surface area contributed by atoms with Gasteiger partial charge in [-0.25, -0.2) is 9.99 Å². The Kier molecular flexibility index (Phi) is 3.78. The number of nitrogens with zero attached hydrogens (tertiary/aromatic N) is 2. The lowest BCUT2D eigenvalue weighted by Crippen LogP contribution is -2.47. The second-order valence-corrected chi connectivity index (χ2v) is 7.23. The number of piperidine rings is 1. The number of anilines is 1. The van der Waals surface area contributed by atoms with Crippen molar-refractivity contribution in [1.82, 2.24) is 9.99 Å². The molecule has 0 saturated carbocycles. The van der Waals surface area contributed by atoms with Crippen LogP contribution in [0.15, 0.2) is 22.7 Å². The minimum Gasteiger partial charge on any atom is -0.294 e. The van der Waals surface area contributed by atoms with Gasteiger partial charge in [-0.2, -0.15) is 0 Å². The van der Waals surface area contributed by atoms with E-state index in [1.165, 1.54) is 24.0 Å². The number of aromatic nitrogens is 1. The summed E-state index contributed by atoms with van der Waals surface area (Å²) in [6.07, 6.45) is 3.84. The molecule has 1 aliphatic rings. The first-order valence-corrected chi connectivity index (χ1v) is 8.35. The molecule has 1 N–H and O–H groups in total. The zero-order valence-corrected chi connectivity index (χ0v) is 13.6.